The van der Waals surface area contributed by atoms with Gasteiger partial charge in [-0.3, -0.25) is 4.79 Å². The second kappa shape index (κ2) is 9.79. The highest BCUT2D eigenvalue weighted by atomic mass is 16.5. The van der Waals surface area contributed by atoms with E-state index in [4.69, 9.17) is 10.3 Å². The topological polar surface area (TPSA) is 95.4 Å². The molecule has 0 saturated carbocycles. The zero-order valence-corrected chi connectivity index (χ0v) is 15.0. The summed E-state index contributed by atoms with van der Waals surface area (Å²) in [6.45, 7) is 5.29. The van der Waals surface area contributed by atoms with Crippen LogP contribution in [0.4, 0.5) is 5.69 Å². The SMILES string of the molecule is C=CC(=O)N(Cc1ccccc1N=[N+]=[N-])[C@@H](C)C(=O)OCc1ccccc1. The summed E-state index contributed by atoms with van der Waals surface area (Å²) in [7, 11) is 0. The Morgan fingerprint density at radius 3 is 2.56 bits per heavy atom. The van der Waals surface area contributed by atoms with E-state index in [9.17, 15) is 9.59 Å². The number of carbonyl (C=O) groups is 2. The van der Waals surface area contributed by atoms with Gasteiger partial charge in [-0.15, -0.1) is 0 Å². The molecule has 0 heterocycles. The van der Waals surface area contributed by atoms with Crippen molar-refractivity contribution in [2.75, 3.05) is 0 Å². The maximum Gasteiger partial charge on any atom is 0.328 e. The number of carbonyl (C=O) groups excluding carboxylic acids is 2. The molecule has 138 valence electrons. The number of hydrogen-bond acceptors (Lipinski definition) is 4. The third-order valence-electron chi connectivity index (χ3n) is 3.97. The standard InChI is InChI=1S/C20H20N4O3/c1-3-19(25)24(13-17-11-7-8-12-18(17)22-23-21)15(2)20(26)27-14-16-9-5-4-6-10-16/h3-12,15H,1,13-14H2,2H3/t15-/m0/s1. The minimum atomic E-state index is -0.835. The van der Waals surface area contributed by atoms with E-state index in [-0.39, 0.29) is 13.2 Å². The van der Waals surface area contributed by atoms with Gasteiger partial charge in [-0.2, -0.15) is 0 Å². The Morgan fingerprint density at radius 1 is 1.22 bits per heavy atom. The molecule has 0 spiro atoms. The van der Waals surface area contributed by atoms with Crippen LogP contribution in [0.25, 0.3) is 10.4 Å². The molecule has 2 rings (SSSR count). The Kier molecular flexibility index (Phi) is 7.16. The number of hydrogen-bond donors (Lipinski definition) is 0. The summed E-state index contributed by atoms with van der Waals surface area (Å²) in [4.78, 5) is 28.9. The molecule has 0 unspecified atom stereocenters. The van der Waals surface area contributed by atoms with Crippen molar-refractivity contribution in [1.29, 1.82) is 0 Å². The van der Waals surface area contributed by atoms with Gasteiger partial charge in [0, 0.05) is 17.1 Å². The van der Waals surface area contributed by atoms with E-state index in [1.165, 1.54) is 4.90 Å². The van der Waals surface area contributed by atoms with E-state index in [1.54, 1.807) is 31.2 Å². The first-order chi connectivity index (χ1) is 13.1. The van der Waals surface area contributed by atoms with Gasteiger partial charge in [-0.05, 0) is 29.7 Å². The molecule has 2 aromatic rings. The molecule has 0 aliphatic rings. The molecule has 2 aromatic carbocycles. The van der Waals surface area contributed by atoms with E-state index in [0.717, 1.165) is 11.6 Å². The number of esters is 1. The van der Waals surface area contributed by atoms with Crippen LogP contribution in [0.1, 0.15) is 18.1 Å². The first-order valence-corrected chi connectivity index (χ1v) is 8.33. The Labute approximate surface area is 157 Å². The Bertz CT molecular complexity index is 861. The molecule has 1 amide bonds. The lowest BCUT2D eigenvalue weighted by Crippen LogP contribution is -2.42. The minimum absolute atomic E-state index is 0.0850. The molecule has 0 bridgehead atoms. The van der Waals surface area contributed by atoms with Crippen LogP contribution in [0.2, 0.25) is 0 Å². The van der Waals surface area contributed by atoms with Gasteiger partial charge in [-0.25, -0.2) is 4.79 Å². The van der Waals surface area contributed by atoms with Crippen LogP contribution in [0.5, 0.6) is 0 Å². The zero-order valence-electron chi connectivity index (χ0n) is 15.0. The molecule has 0 aliphatic carbocycles. The molecule has 27 heavy (non-hydrogen) atoms. The second-order valence-corrected chi connectivity index (χ2v) is 5.76. The summed E-state index contributed by atoms with van der Waals surface area (Å²) in [5.74, 6) is -0.953. The van der Waals surface area contributed by atoms with Crippen molar-refractivity contribution in [3.63, 3.8) is 0 Å². The lowest BCUT2D eigenvalue weighted by molar-refractivity contribution is -0.154. The average molecular weight is 364 g/mol. The number of ether oxygens (including phenoxy) is 1. The summed E-state index contributed by atoms with van der Waals surface area (Å²) >= 11 is 0. The van der Waals surface area contributed by atoms with Gasteiger partial charge in [0.1, 0.15) is 12.6 Å². The smallest absolute Gasteiger partial charge is 0.328 e. The third kappa shape index (κ3) is 5.45. The van der Waals surface area contributed by atoms with Gasteiger partial charge >= 0.3 is 5.97 Å². The quantitative estimate of drug-likeness (QED) is 0.230. The number of amides is 1. The van der Waals surface area contributed by atoms with Gasteiger partial charge in [-0.1, -0.05) is 66.3 Å². The summed E-state index contributed by atoms with van der Waals surface area (Å²) < 4.78 is 5.33. The predicted octanol–water partition coefficient (Wildman–Crippen LogP) is 4.27. The molecule has 0 saturated heterocycles. The van der Waals surface area contributed by atoms with Crippen LogP contribution in [0.3, 0.4) is 0 Å². The molecule has 0 aromatic heterocycles. The molecule has 1 atom stereocenters. The van der Waals surface area contributed by atoms with Crippen LogP contribution in [0, 0.1) is 0 Å². The fourth-order valence-corrected chi connectivity index (χ4v) is 2.47. The maximum absolute atomic E-state index is 12.4. The molecule has 7 heteroatoms. The predicted molar refractivity (Wildman–Crippen MR) is 102 cm³/mol. The van der Waals surface area contributed by atoms with Crippen LogP contribution in [0.15, 0.2) is 72.4 Å². The van der Waals surface area contributed by atoms with Crippen LogP contribution in [-0.2, 0) is 27.5 Å². The summed E-state index contributed by atoms with van der Waals surface area (Å²) in [5, 5.41) is 3.63. The van der Waals surface area contributed by atoms with Crippen molar-refractivity contribution in [3.8, 4) is 0 Å². The van der Waals surface area contributed by atoms with E-state index < -0.39 is 17.9 Å². The summed E-state index contributed by atoms with van der Waals surface area (Å²) in [6, 6.07) is 15.3. The Hall–Kier alpha value is -3.57. The van der Waals surface area contributed by atoms with E-state index in [0.29, 0.717) is 11.3 Å². The average Bonchev–Trinajstić information content (AvgIpc) is 2.71. The fraction of sp³-hybridized carbons (Fsp3) is 0.200. The summed E-state index contributed by atoms with van der Waals surface area (Å²) in [5.41, 5.74) is 10.6. The number of nitrogens with zero attached hydrogens (tertiary/aromatic N) is 4. The van der Waals surface area contributed by atoms with Gasteiger partial charge in [0.2, 0.25) is 5.91 Å². The largest absolute Gasteiger partial charge is 0.459 e. The van der Waals surface area contributed by atoms with E-state index in [1.807, 2.05) is 30.3 Å². The monoisotopic (exact) mass is 364 g/mol. The third-order valence-corrected chi connectivity index (χ3v) is 3.97. The first-order valence-electron chi connectivity index (χ1n) is 8.33. The van der Waals surface area contributed by atoms with Crippen molar-refractivity contribution in [1.82, 2.24) is 4.90 Å². The van der Waals surface area contributed by atoms with Crippen LogP contribution >= 0.6 is 0 Å². The van der Waals surface area contributed by atoms with E-state index in [2.05, 4.69) is 16.6 Å². The highest BCUT2D eigenvalue weighted by molar-refractivity contribution is 5.91. The highest BCUT2D eigenvalue weighted by Crippen LogP contribution is 2.22. The maximum atomic E-state index is 12.4. The van der Waals surface area contributed by atoms with Gasteiger partial charge < -0.3 is 9.64 Å². The van der Waals surface area contributed by atoms with Crippen molar-refractivity contribution in [3.05, 3.63) is 88.8 Å². The summed E-state index contributed by atoms with van der Waals surface area (Å²) in [6.07, 6.45) is 1.14. The van der Waals surface area contributed by atoms with Gasteiger partial charge in [0.05, 0.1) is 0 Å². The van der Waals surface area contributed by atoms with Crippen molar-refractivity contribution >= 4 is 17.6 Å². The molecule has 0 fully saturated rings. The molecular weight excluding hydrogens is 344 g/mol. The number of benzene rings is 2. The second-order valence-electron chi connectivity index (χ2n) is 5.76. The van der Waals surface area contributed by atoms with Crippen LogP contribution < -0.4 is 0 Å². The first kappa shape index (κ1) is 19.8. The zero-order chi connectivity index (χ0) is 19.6. The normalized spacial score (nSPS) is 11.0. The Morgan fingerprint density at radius 2 is 1.89 bits per heavy atom. The van der Waals surface area contributed by atoms with Crippen molar-refractivity contribution < 1.29 is 14.3 Å². The molecule has 0 aliphatic heterocycles. The van der Waals surface area contributed by atoms with E-state index >= 15 is 0 Å². The van der Waals surface area contributed by atoms with Gasteiger partial charge in [0.15, 0.2) is 0 Å². The molecule has 7 nitrogen and oxygen atoms in total. The Balaban J connectivity index is 2.15. The fourth-order valence-electron chi connectivity index (χ4n) is 2.47. The number of rotatable bonds is 8. The van der Waals surface area contributed by atoms with Crippen molar-refractivity contribution in [2.45, 2.75) is 26.1 Å². The molecule has 0 N–H and O–H groups in total. The molecule has 0 radical (unpaired) electrons. The van der Waals surface area contributed by atoms with Crippen molar-refractivity contribution in [2.24, 2.45) is 5.11 Å². The minimum Gasteiger partial charge on any atom is -0.459 e. The lowest BCUT2D eigenvalue weighted by atomic mass is 10.1. The van der Waals surface area contributed by atoms with Crippen LogP contribution in [-0.4, -0.2) is 22.8 Å². The van der Waals surface area contributed by atoms with Gasteiger partial charge in [0.25, 0.3) is 0 Å². The lowest BCUT2D eigenvalue weighted by Gasteiger charge is -2.27. The molecular formula is C20H20N4O3. The highest BCUT2D eigenvalue weighted by Gasteiger charge is 2.26. The number of azide groups is 1.